The number of aryl methyl sites for hydroxylation is 1. The van der Waals surface area contributed by atoms with Crippen LogP contribution in [-0.2, 0) is 21.4 Å². The molecule has 29 heavy (non-hydrogen) atoms. The van der Waals surface area contributed by atoms with Crippen molar-refractivity contribution in [3.05, 3.63) is 53.9 Å². The van der Waals surface area contributed by atoms with Gasteiger partial charge in [-0.15, -0.1) is 12.4 Å². The average molecular weight is 421 g/mol. The Bertz CT molecular complexity index is 809. The lowest BCUT2D eigenvalue weighted by molar-refractivity contribution is -0.148. The van der Waals surface area contributed by atoms with Gasteiger partial charge in [-0.25, -0.2) is 0 Å². The van der Waals surface area contributed by atoms with E-state index in [1.54, 1.807) is 4.68 Å². The van der Waals surface area contributed by atoms with Crippen LogP contribution in [0.3, 0.4) is 0 Å². The van der Waals surface area contributed by atoms with E-state index in [1.165, 1.54) is 0 Å². The molecule has 0 aliphatic carbocycles. The van der Waals surface area contributed by atoms with E-state index in [0.29, 0.717) is 6.54 Å². The quantitative estimate of drug-likeness (QED) is 0.671. The summed E-state index contributed by atoms with van der Waals surface area (Å²) < 4.78 is 7.04. The van der Waals surface area contributed by atoms with Gasteiger partial charge in [0.1, 0.15) is 0 Å². The number of hydrogen-bond acceptors (Lipinski definition) is 5. The first-order chi connectivity index (χ1) is 13.4. The summed E-state index contributed by atoms with van der Waals surface area (Å²) in [5.74, 6) is -0.535. The number of carbonyl (C=O) groups is 2. The summed E-state index contributed by atoms with van der Waals surface area (Å²) in [5, 5.41) is 10.6. The Morgan fingerprint density at radius 2 is 2.00 bits per heavy atom. The van der Waals surface area contributed by atoms with Crippen LogP contribution in [0.5, 0.6) is 0 Å². The predicted molar refractivity (Wildman–Crippen MR) is 113 cm³/mol. The number of nitrogens with zero attached hydrogens (tertiary/aromatic N) is 2. The standard InChI is InChI=1S/C21H28N4O3.ClH/c1-14(2)28-20(26)9-19(15-7-5-4-6-8-15)24-21(27)18-12-22-11-17(18)16-10-23-25(3)13-16;/h4-8,10,13-14,17-19,22H,9,11-12H2,1-3H3,(H,24,27);1H/t17-,18+,19?;/m1./s1. The van der Waals surface area contributed by atoms with Crippen molar-refractivity contribution in [2.24, 2.45) is 13.0 Å². The molecule has 1 amide bonds. The van der Waals surface area contributed by atoms with Crippen molar-refractivity contribution in [2.45, 2.75) is 38.3 Å². The number of aromatic nitrogens is 2. The zero-order valence-corrected chi connectivity index (χ0v) is 17.8. The fraction of sp³-hybridized carbons (Fsp3) is 0.476. The molecule has 0 bridgehead atoms. The number of hydrogen-bond donors (Lipinski definition) is 2. The Balaban J connectivity index is 0.00000300. The minimum absolute atomic E-state index is 0. The Hall–Kier alpha value is -2.38. The molecule has 0 spiro atoms. The number of halogens is 1. The van der Waals surface area contributed by atoms with Gasteiger partial charge in [-0.1, -0.05) is 30.3 Å². The summed E-state index contributed by atoms with van der Waals surface area (Å²) >= 11 is 0. The molecule has 2 aromatic rings. The van der Waals surface area contributed by atoms with Crippen molar-refractivity contribution in [3.8, 4) is 0 Å². The highest BCUT2D eigenvalue weighted by Crippen LogP contribution is 2.29. The fourth-order valence-corrected chi connectivity index (χ4v) is 3.63. The molecule has 3 atom stereocenters. The summed E-state index contributed by atoms with van der Waals surface area (Å²) in [6.07, 6.45) is 3.68. The molecule has 2 N–H and O–H groups in total. The van der Waals surface area contributed by atoms with Gasteiger partial charge in [0.2, 0.25) is 5.91 Å². The Kier molecular flexibility index (Phi) is 8.22. The van der Waals surface area contributed by atoms with E-state index >= 15 is 0 Å². The second kappa shape index (κ2) is 10.4. The highest BCUT2D eigenvalue weighted by Gasteiger charge is 2.36. The van der Waals surface area contributed by atoms with E-state index in [9.17, 15) is 9.59 Å². The molecule has 1 aromatic carbocycles. The van der Waals surface area contributed by atoms with Gasteiger partial charge in [0.25, 0.3) is 0 Å². The minimum Gasteiger partial charge on any atom is -0.463 e. The molecule has 1 saturated heterocycles. The Labute approximate surface area is 177 Å². The number of nitrogens with one attached hydrogen (secondary N) is 2. The molecule has 1 aliphatic heterocycles. The largest absolute Gasteiger partial charge is 0.463 e. The number of amides is 1. The maximum absolute atomic E-state index is 13.1. The smallest absolute Gasteiger partial charge is 0.308 e. The van der Waals surface area contributed by atoms with E-state index in [1.807, 2.05) is 63.6 Å². The van der Waals surface area contributed by atoms with Crippen molar-refractivity contribution in [2.75, 3.05) is 13.1 Å². The van der Waals surface area contributed by atoms with Gasteiger partial charge in [-0.05, 0) is 25.0 Å². The molecular weight excluding hydrogens is 392 g/mol. The van der Waals surface area contributed by atoms with E-state index in [-0.39, 0.29) is 48.6 Å². The minimum atomic E-state index is -0.421. The predicted octanol–water partition coefficient (Wildman–Crippen LogP) is 2.34. The topological polar surface area (TPSA) is 85.2 Å². The first-order valence-corrected chi connectivity index (χ1v) is 9.68. The summed E-state index contributed by atoms with van der Waals surface area (Å²) in [6, 6.07) is 9.12. The summed E-state index contributed by atoms with van der Waals surface area (Å²) in [7, 11) is 1.87. The Morgan fingerprint density at radius 1 is 1.28 bits per heavy atom. The van der Waals surface area contributed by atoms with Crippen LogP contribution in [0, 0.1) is 5.92 Å². The second-order valence-corrected chi connectivity index (χ2v) is 7.53. The zero-order valence-electron chi connectivity index (χ0n) is 17.0. The first-order valence-electron chi connectivity index (χ1n) is 9.68. The van der Waals surface area contributed by atoms with Crippen molar-refractivity contribution >= 4 is 24.3 Å². The Morgan fingerprint density at radius 3 is 2.62 bits per heavy atom. The van der Waals surface area contributed by atoms with Crippen LogP contribution in [0.15, 0.2) is 42.7 Å². The lowest BCUT2D eigenvalue weighted by atomic mass is 9.89. The van der Waals surface area contributed by atoms with Gasteiger partial charge >= 0.3 is 5.97 Å². The fourth-order valence-electron chi connectivity index (χ4n) is 3.63. The molecule has 158 valence electrons. The molecule has 1 aromatic heterocycles. The van der Waals surface area contributed by atoms with Crippen molar-refractivity contribution in [3.63, 3.8) is 0 Å². The van der Waals surface area contributed by atoms with Crippen LogP contribution in [0.1, 0.15) is 43.4 Å². The van der Waals surface area contributed by atoms with Crippen LogP contribution in [-0.4, -0.2) is 40.9 Å². The molecule has 1 aliphatic rings. The van der Waals surface area contributed by atoms with Gasteiger partial charge < -0.3 is 15.4 Å². The van der Waals surface area contributed by atoms with Crippen LogP contribution in [0.4, 0.5) is 0 Å². The molecule has 3 rings (SSSR count). The van der Waals surface area contributed by atoms with Gasteiger partial charge in [-0.3, -0.25) is 14.3 Å². The first kappa shape index (κ1) is 22.9. The van der Waals surface area contributed by atoms with Gasteiger partial charge in [0, 0.05) is 32.3 Å². The highest BCUT2D eigenvalue weighted by atomic mass is 35.5. The van der Waals surface area contributed by atoms with E-state index < -0.39 is 6.04 Å². The van der Waals surface area contributed by atoms with Crippen molar-refractivity contribution in [1.29, 1.82) is 0 Å². The number of benzene rings is 1. The molecule has 7 nitrogen and oxygen atoms in total. The summed E-state index contributed by atoms with van der Waals surface area (Å²) in [6.45, 7) is 4.96. The lowest BCUT2D eigenvalue weighted by Crippen LogP contribution is -2.38. The normalized spacial score (nSPS) is 19.4. The van der Waals surface area contributed by atoms with Crippen LogP contribution < -0.4 is 10.6 Å². The third-order valence-corrected chi connectivity index (χ3v) is 4.96. The van der Waals surface area contributed by atoms with Crippen molar-refractivity contribution in [1.82, 2.24) is 20.4 Å². The monoisotopic (exact) mass is 420 g/mol. The molecule has 0 saturated carbocycles. The van der Waals surface area contributed by atoms with Crippen LogP contribution in [0.2, 0.25) is 0 Å². The molecule has 1 unspecified atom stereocenters. The maximum Gasteiger partial charge on any atom is 0.308 e. The van der Waals surface area contributed by atoms with Gasteiger partial charge in [-0.2, -0.15) is 5.10 Å². The van der Waals surface area contributed by atoms with E-state index in [2.05, 4.69) is 15.7 Å². The molecule has 1 fully saturated rings. The SMILES string of the molecule is CC(C)OC(=O)CC(NC(=O)[C@H]1CNC[C@@H]1c1cnn(C)c1)c1ccccc1.Cl. The van der Waals surface area contributed by atoms with Crippen molar-refractivity contribution < 1.29 is 14.3 Å². The number of carbonyl (C=O) groups excluding carboxylic acids is 2. The van der Waals surface area contributed by atoms with Gasteiger partial charge in [0.05, 0.1) is 30.7 Å². The number of ether oxygens (including phenoxy) is 1. The number of rotatable bonds is 7. The van der Waals surface area contributed by atoms with E-state index in [0.717, 1.165) is 17.7 Å². The highest BCUT2D eigenvalue weighted by molar-refractivity contribution is 5.85. The maximum atomic E-state index is 13.1. The zero-order chi connectivity index (χ0) is 20.1. The molecule has 8 heteroatoms. The van der Waals surface area contributed by atoms with Crippen LogP contribution in [0.25, 0.3) is 0 Å². The number of esters is 1. The van der Waals surface area contributed by atoms with Gasteiger partial charge in [0.15, 0.2) is 0 Å². The van der Waals surface area contributed by atoms with Crippen LogP contribution >= 0.6 is 12.4 Å². The van der Waals surface area contributed by atoms with E-state index in [4.69, 9.17) is 4.74 Å². The summed E-state index contributed by atoms with van der Waals surface area (Å²) in [4.78, 5) is 25.3. The molecule has 2 heterocycles. The molecular formula is C21H29ClN4O3. The lowest BCUT2D eigenvalue weighted by Gasteiger charge is -2.23. The molecule has 0 radical (unpaired) electrons. The summed E-state index contributed by atoms with van der Waals surface area (Å²) in [5.41, 5.74) is 1.93. The average Bonchev–Trinajstić information content (AvgIpc) is 3.30. The third kappa shape index (κ3) is 6.05. The second-order valence-electron chi connectivity index (χ2n) is 7.53. The third-order valence-electron chi connectivity index (χ3n) is 4.96.